The highest BCUT2D eigenvalue weighted by molar-refractivity contribution is 8.00. The Morgan fingerprint density at radius 1 is 1.11 bits per heavy atom. The summed E-state index contributed by atoms with van der Waals surface area (Å²) in [6.45, 7) is 9.72. The average molecular weight is 396 g/mol. The fraction of sp³-hybridized carbons (Fsp3) is 0.318. The Balaban J connectivity index is 1.89. The van der Waals surface area contributed by atoms with Crippen LogP contribution in [-0.2, 0) is 4.79 Å². The van der Waals surface area contributed by atoms with Crippen LogP contribution in [0.25, 0.3) is 10.9 Å². The van der Waals surface area contributed by atoms with E-state index in [1.165, 1.54) is 11.8 Å². The van der Waals surface area contributed by atoms with Gasteiger partial charge in [0.1, 0.15) is 0 Å². The standard InChI is InChI=1S/C22H25N3O2S/c1-13(2)25-21(27)17-8-6-7-9-19(17)24-22(25)28-16(5)20(26)23-18-11-10-14(3)12-15(18)4/h6-13,16H,1-5H3,(H,23,26). The molecule has 0 saturated heterocycles. The molecular weight excluding hydrogens is 370 g/mol. The van der Waals surface area contributed by atoms with Gasteiger partial charge in [0.25, 0.3) is 5.56 Å². The van der Waals surface area contributed by atoms with E-state index in [0.29, 0.717) is 16.1 Å². The number of para-hydroxylation sites is 1. The number of aryl methyl sites for hydroxylation is 2. The maximum absolute atomic E-state index is 12.9. The first kappa shape index (κ1) is 20.1. The van der Waals surface area contributed by atoms with Crippen LogP contribution in [0, 0.1) is 13.8 Å². The van der Waals surface area contributed by atoms with Gasteiger partial charge in [0.05, 0.1) is 16.2 Å². The van der Waals surface area contributed by atoms with E-state index in [9.17, 15) is 9.59 Å². The maximum atomic E-state index is 12.9. The minimum Gasteiger partial charge on any atom is -0.325 e. The van der Waals surface area contributed by atoms with E-state index in [-0.39, 0.29) is 17.5 Å². The summed E-state index contributed by atoms with van der Waals surface area (Å²) in [4.78, 5) is 30.3. The smallest absolute Gasteiger partial charge is 0.262 e. The highest BCUT2D eigenvalue weighted by Crippen LogP contribution is 2.26. The van der Waals surface area contributed by atoms with Gasteiger partial charge in [0, 0.05) is 11.7 Å². The molecule has 0 spiro atoms. The molecule has 5 nitrogen and oxygen atoms in total. The summed E-state index contributed by atoms with van der Waals surface area (Å²) in [5, 5.41) is 3.73. The summed E-state index contributed by atoms with van der Waals surface area (Å²) in [5.74, 6) is -0.116. The minimum absolute atomic E-state index is 0.0540. The molecule has 6 heteroatoms. The largest absolute Gasteiger partial charge is 0.325 e. The Hall–Kier alpha value is -2.60. The van der Waals surface area contributed by atoms with Crippen molar-refractivity contribution in [2.24, 2.45) is 0 Å². The van der Waals surface area contributed by atoms with Crippen LogP contribution in [0.1, 0.15) is 37.9 Å². The zero-order valence-electron chi connectivity index (χ0n) is 16.8. The highest BCUT2D eigenvalue weighted by Gasteiger charge is 2.21. The maximum Gasteiger partial charge on any atom is 0.262 e. The van der Waals surface area contributed by atoms with E-state index in [1.54, 1.807) is 10.6 Å². The zero-order valence-corrected chi connectivity index (χ0v) is 17.6. The van der Waals surface area contributed by atoms with E-state index in [1.807, 2.05) is 71.0 Å². The van der Waals surface area contributed by atoms with Gasteiger partial charge < -0.3 is 5.32 Å². The molecule has 1 unspecified atom stereocenters. The van der Waals surface area contributed by atoms with Crippen molar-refractivity contribution in [3.05, 3.63) is 63.9 Å². The van der Waals surface area contributed by atoms with Crippen molar-refractivity contribution in [2.45, 2.75) is 51.1 Å². The number of hydrogen-bond acceptors (Lipinski definition) is 4. The van der Waals surface area contributed by atoms with Crippen molar-refractivity contribution in [2.75, 3.05) is 5.32 Å². The number of anilines is 1. The fourth-order valence-corrected chi connectivity index (χ4v) is 4.10. The van der Waals surface area contributed by atoms with E-state index < -0.39 is 5.25 Å². The topological polar surface area (TPSA) is 64.0 Å². The molecule has 1 atom stereocenters. The van der Waals surface area contributed by atoms with Gasteiger partial charge in [-0.3, -0.25) is 14.2 Å². The second kappa shape index (κ2) is 8.19. The molecular formula is C22H25N3O2S. The summed E-state index contributed by atoms with van der Waals surface area (Å²) in [6.07, 6.45) is 0. The summed E-state index contributed by atoms with van der Waals surface area (Å²) < 4.78 is 1.66. The Morgan fingerprint density at radius 3 is 2.50 bits per heavy atom. The van der Waals surface area contributed by atoms with E-state index in [4.69, 9.17) is 0 Å². The number of benzene rings is 2. The Kier molecular flexibility index (Phi) is 5.89. The van der Waals surface area contributed by atoms with Gasteiger partial charge >= 0.3 is 0 Å². The molecule has 0 aliphatic carbocycles. The van der Waals surface area contributed by atoms with Crippen LogP contribution in [0.5, 0.6) is 0 Å². The number of carbonyl (C=O) groups excluding carboxylic acids is 1. The monoisotopic (exact) mass is 395 g/mol. The van der Waals surface area contributed by atoms with Crippen LogP contribution < -0.4 is 10.9 Å². The molecule has 0 saturated carbocycles. The number of hydrogen-bond donors (Lipinski definition) is 1. The number of thioether (sulfide) groups is 1. The lowest BCUT2D eigenvalue weighted by molar-refractivity contribution is -0.115. The SMILES string of the molecule is Cc1ccc(NC(=O)C(C)Sc2nc3ccccc3c(=O)n2C(C)C)c(C)c1. The average Bonchev–Trinajstić information content (AvgIpc) is 2.63. The van der Waals surface area contributed by atoms with Crippen molar-refractivity contribution >= 4 is 34.3 Å². The second-order valence-corrected chi connectivity index (χ2v) is 8.56. The second-order valence-electron chi connectivity index (χ2n) is 7.25. The molecule has 0 radical (unpaired) electrons. The number of nitrogens with zero attached hydrogens (tertiary/aromatic N) is 2. The van der Waals surface area contributed by atoms with Crippen LogP contribution in [0.2, 0.25) is 0 Å². The fourth-order valence-electron chi connectivity index (χ4n) is 3.06. The van der Waals surface area contributed by atoms with Gasteiger partial charge in [-0.05, 0) is 58.4 Å². The number of fused-ring (bicyclic) bond motifs is 1. The molecule has 0 bridgehead atoms. The molecule has 0 fully saturated rings. The van der Waals surface area contributed by atoms with Crippen molar-refractivity contribution < 1.29 is 4.79 Å². The predicted molar refractivity (Wildman–Crippen MR) is 116 cm³/mol. The summed E-state index contributed by atoms with van der Waals surface area (Å²) >= 11 is 1.30. The highest BCUT2D eigenvalue weighted by atomic mass is 32.2. The van der Waals surface area contributed by atoms with Crippen molar-refractivity contribution in [1.29, 1.82) is 0 Å². The normalized spacial score (nSPS) is 12.4. The van der Waals surface area contributed by atoms with Crippen molar-refractivity contribution in [3.63, 3.8) is 0 Å². The Morgan fingerprint density at radius 2 is 1.82 bits per heavy atom. The molecule has 2 aromatic carbocycles. The molecule has 1 N–H and O–H groups in total. The third-order valence-electron chi connectivity index (χ3n) is 4.58. The molecule has 146 valence electrons. The molecule has 0 aliphatic heterocycles. The third kappa shape index (κ3) is 4.12. The van der Waals surface area contributed by atoms with Gasteiger partial charge in [0.2, 0.25) is 5.91 Å². The first-order chi connectivity index (χ1) is 13.3. The molecule has 0 aliphatic rings. The molecule has 1 amide bonds. The van der Waals surface area contributed by atoms with Gasteiger partial charge in [0.15, 0.2) is 5.16 Å². The van der Waals surface area contributed by atoms with Gasteiger partial charge in [-0.1, -0.05) is 41.6 Å². The summed E-state index contributed by atoms with van der Waals surface area (Å²) in [5.41, 5.74) is 3.54. The number of rotatable bonds is 5. The molecule has 3 rings (SSSR count). The van der Waals surface area contributed by atoms with Crippen LogP contribution in [-0.4, -0.2) is 20.7 Å². The van der Waals surface area contributed by atoms with E-state index in [0.717, 1.165) is 16.8 Å². The van der Waals surface area contributed by atoms with Gasteiger partial charge in [-0.25, -0.2) is 4.98 Å². The first-order valence-electron chi connectivity index (χ1n) is 9.34. The predicted octanol–water partition coefficient (Wildman–Crippen LogP) is 4.71. The van der Waals surface area contributed by atoms with Gasteiger partial charge in [-0.2, -0.15) is 0 Å². The number of amides is 1. The molecule has 3 aromatic rings. The summed E-state index contributed by atoms with van der Waals surface area (Å²) in [6, 6.07) is 13.2. The van der Waals surface area contributed by atoms with Crippen molar-refractivity contribution in [3.8, 4) is 0 Å². The lowest BCUT2D eigenvalue weighted by Gasteiger charge is -2.19. The number of aromatic nitrogens is 2. The minimum atomic E-state index is -0.404. The molecule has 28 heavy (non-hydrogen) atoms. The zero-order chi connectivity index (χ0) is 20.4. The summed E-state index contributed by atoms with van der Waals surface area (Å²) in [7, 11) is 0. The number of carbonyl (C=O) groups is 1. The molecule has 1 aromatic heterocycles. The number of nitrogens with one attached hydrogen (secondary N) is 1. The van der Waals surface area contributed by atoms with Crippen molar-refractivity contribution in [1.82, 2.24) is 9.55 Å². The molecule has 1 heterocycles. The lowest BCUT2D eigenvalue weighted by atomic mass is 10.1. The van der Waals surface area contributed by atoms with E-state index in [2.05, 4.69) is 10.3 Å². The Labute approximate surface area is 169 Å². The lowest BCUT2D eigenvalue weighted by Crippen LogP contribution is -2.28. The quantitative estimate of drug-likeness (QED) is 0.502. The van der Waals surface area contributed by atoms with Crippen LogP contribution in [0.4, 0.5) is 5.69 Å². The van der Waals surface area contributed by atoms with Crippen LogP contribution >= 0.6 is 11.8 Å². The van der Waals surface area contributed by atoms with E-state index >= 15 is 0 Å². The third-order valence-corrected chi connectivity index (χ3v) is 5.65. The van der Waals surface area contributed by atoms with Crippen LogP contribution in [0.3, 0.4) is 0 Å². The Bertz CT molecular complexity index is 1090. The first-order valence-corrected chi connectivity index (χ1v) is 10.2. The van der Waals surface area contributed by atoms with Gasteiger partial charge in [-0.15, -0.1) is 0 Å². The van der Waals surface area contributed by atoms with Crippen LogP contribution in [0.15, 0.2) is 52.4 Å².